The SMILES string of the molecule is O=C(O)CC(NC(=O)[C@@H]1Cc2cccc3c2N1C(=O)[C@@H](NC(=O)Cc1cccc2ccccc12)CC3)C(=O)COc1c(F)c(F)cc(F)c1F. The Morgan fingerprint density at radius 2 is 1.60 bits per heavy atom. The Morgan fingerprint density at radius 1 is 0.920 bits per heavy atom. The van der Waals surface area contributed by atoms with Gasteiger partial charge in [0.15, 0.2) is 23.2 Å². The van der Waals surface area contributed by atoms with Crippen molar-refractivity contribution in [3.8, 4) is 5.75 Å². The maximum absolute atomic E-state index is 14.1. The summed E-state index contributed by atoms with van der Waals surface area (Å²) in [6.45, 7) is -1.25. The number of amides is 3. The lowest BCUT2D eigenvalue weighted by Crippen LogP contribution is -2.57. The molecule has 0 saturated heterocycles. The van der Waals surface area contributed by atoms with Gasteiger partial charge in [-0.15, -0.1) is 0 Å². The van der Waals surface area contributed by atoms with Crippen molar-refractivity contribution >= 4 is 45.9 Å². The van der Waals surface area contributed by atoms with Gasteiger partial charge < -0.3 is 20.5 Å². The Kier molecular flexibility index (Phi) is 9.53. The fourth-order valence-electron chi connectivity index (χ4n) is 6.45. The molecule has 2 heterocycles. The molecule has 3 N–H and O–H groups in total. The van der Waals surface area contributed by atoms with Gasteiger partial charge in [0, 0.05) is 12.5 Å². The Balaban J connectivity index is 1.20. The molecule has 2 aliphatic rings. The van der Waals surface area contributed by atoms with E-state index in [1.54, 1.807) is 18.2 Å². The number of nitrogens with zero attached hydrogens (tertiary/aromatic N) is 1. The molecule has 14 heteroatoms. The predicted molar refractivity (Wildman–Crippen MR) is 170 cm³/mol. The van der Waals surface area contributed by atoms with Gasteiger partial charge in [0.05, 0.1) is 18.5 Å². The number of para-hydroxylation sites is 1. The summed E-state index contributed by atoms with van der Waals surface area (Å²) < 4.78 is 60.1. The smallest absolute Gasteiger partial charge is 0.305 e. The number of hydrogen-bond acceptors (Lipinski definition) is 6. The largest absolute Gasteiger partial charge is 0.481 e. The first kappa shape index (κ1) is 34.1. The quantitative estimate of drug-likeness (QED) is 0.160. The number of ether oxygens (including phenoxy) is 1. The summed E-state index contributed by atoms with van der Waals surface area (Å²) in [5.74, 6) is -13.5. The zero-order chi connectivity index (χ0) is 35.7. The van der Waals surface area contributed by atoms with Crippen LogP contribution in [0.25, 0.3) is 10.8 Å². The molecular weight excluding hydrogens is 662 g/mol. The number of halogens is 4. The van der Waals surface area contributed by atoms with Crippen LogP contribution in [-0.2, 0) is 43.2 Å². The molecular formula is C36H29F4N3O7. The van der Waals surface area contributed by atoms with E-state index in [0.717, 1.165) is 21.9 Å². The highest BCUT2D eigenvalue weighted by Gasteiger charge is 2.45. The third-order valence-electron chi connectivity index (χ3n) is 8.79. The molecule has 4 aromatic carbocycles. The van der Waals surface area contributed by atoms with Crippen LogP contribution in [0.1, 0.15) is 29.5 Å². The van der Waals surface area contributed by atoms with Crippen LogP contribution in [0.3, 0.4) is 0 Å². The van der Waals surface area contributed by atoms with Gasteiger partial charge in [-0.2, -0.15) is 8.78 Å². The Labute approximate surface area is 282 Å². The molecule has 0 saturated carbocycles. The summed E-state index contributed by atoms with van der Waals surface area (Å²) in [6, 6.07) is 14.3. The number of aliphatic carboxylic acids is 1. The molecule has 3 atom stereocenters. The highest BCUT2D eigenvalue weighted by molar-refractivity contribution is 6.08. The lowest BCUT2D eigenvalue weighted by Gasteiger charge is -2.29. The van der Waals surface area contributed by atoms with Crippen LogP contribution in [0, 0.1) is 23.3 Å². The molecule has 2 aliphatic heterocycles. The molecule has 0 fully saturated rings. The molecule has 4 aromatic rings. The van der Waals surface area contributed by atoms with E-state index in [0.29, 0.717) is 17.7 Å². The molecule has 0 bridgehead atoms. The third-order valence-corrected chi connectivity index (χ3v) is 8.79. The minimum Gasteiger partial charge on any atom is -0.481 e. The first-order chi connectivity index (χ1) is 23.9. The summed E-state index contributed by atoms with van der Waals surface area (Å²) in [5.41, 5.74) is 2.63. The van der Waals surface area contributed by atoms with Gasteiger partial charge in [-0.3, -0.25) is 28.9 Å². The van der Waals surface area contributed by atoms with E-state index in [4.69, 9.17) is 4.74 Å². The molecule has 6 rings (SSSR count). The van der Waals surface area contributed by atoms with Crippen molar-refractivity contribution in [3.63, 3.8) is 0 Å². The molecule has 0 radical (unpaired) electrons. The maximum Gasteiger partial charge on any atom is 0.305 e. The van der Waals surface area contributed by atoms with Crippen molar-refractivity contribution in [2.75, 3.05) is 11.5 Å². The number of aryl methyl sites for hydroxylation is 1. The van der Waals surface area contributed by atoms with E-state index in [1.165, 1.54) is 4.90 Å². The Morgan fingerprint density at radius 3 is 2.34 bits per heavy atom. The number of Topliss-reactive ketones (excluding diaryl/α,β-unsaturated/α-hetero) is 1. The number of carboxylic acid groups (broad SMARTS) is 1. The van der Waals surface area contributed by atoms with Crippen molar-refractivity contribution < 1.29 is 51.4 Å². The fraction of sp³-hybridized carbons (Fsp3) is 0.250. The Hall–Kier alpha value is -5.79. The van der Waals surface area contributed by atoms with Gasteiger partial charge in [-0.05, 0) is 40.3 Å². The summed E-state index contributed by atoms with van der Waals surface area (Å²) in [6.07, 6.45) is -0.371. The topological polar surface area (TPSA) is 142 Å². The van der Waals surface area contributed by atoms with Crippen molar-refractivity contribution in [3.05, 3.63) is 107 Å². The highest BCUT2D eigenvalue weighted by atomic mass is 19.2. The molecule has 0 aliphatic carbocycles. The van der Waals surface area contributed by atoms with Gasteiger partial charge in [-0.25, -0.2) is 8.78 Å². The zero-order valence-electron chi connectivity index (χ0n) is 26.2. The van der Waals surface area contributed by atoms with Gasteiger partial charge in [0.1, 0.15) is 24.7 Å². The molecule has 3 amide bonds. The van der Waals surface area contributed by atoms with Crippen LogP contribution in [0.4, 0.5) is 23.2 Å². The minimum atomic E-state index is -1.91. The molecule has 258 valence electrons. The second kappa shape index (κ2) is 14.0. The lowest BCUT2D eigenvalue weighted by molar-refractivity contribution is -0.140. The highest BCUT2D eigenvalue weighted by Crippen LogP contribution is 2.39. The number of ketones is 1. The first-order valence-corrected chi connectivity index (χ1v) is 15.6. The minimum absolute atomic E-state index is 0.000884. The number of anilines is 1. The molecule has 1 unspecified atom stereocenters. The van der Waals surface area contributed by atoms with E-state index in [2.05, 4.69) is 10.6 Å². The van der Waals surface area contributed by atoms with Crippen LogP contribution in [0.2, 0.25) is 0 Å². The van der Waals surface area contributed by atoms with Gasteiger partial charge in [0.2, 0.25) is 29.4 Å². The standard InChI is InChI=1S/C36H29F4N3O7/c37-23-15-24(38)32(40)34(31(23)39)50-17-28(44)26(16-30(46)47)42-35(48)27-13-21-9-4-7-19-11-12-25(36(49)43(27)33(19)21)41-29(45)14-20-8-3-6-18-5-1-2-10-22(18)20/h1-10,15,25-27H,11-14,16-17H2,(H,41,45)(H,42,48)(H,46,47)/t25-,26?,27-/m0/s1. The van der Waals surface area contributed by atoms with E-state index in [9.17, 15) is 46.6 Å². The summed E-state index contributed by atoms with van der Waals surface area (Å²) in [5, 5.41) is 16.4. The van der Waals surface area contributed by atoms with Crippen LogP contribution in [0.5, 0.6) is 5.75 Å². The summed E-state index contributed by atoms with van der Waals surface area (Å²) in [7, 11) is 0. The number of hydrogen-bond donors (Lipinski definition) is 3. The molecule has 0 spiro atoms. The van der Waals surface area contributed by atoms with Gasteiger partial charge in [-0.1, -0.05) is 60.7 Å². The van der Waals surface area contributed by atoms with Crippen molar-refractivity contribution in [2.24, 2.45) is 0 Å². The molecule has 50 heavy (non-hydrogen) atoms. The maximum atomic E-state index is 14.1. The van der Waals surface area contributed by atoms with Crippen LogP contribution in [0.15, 0.2) is 66.7 Å². The number of carbonyl (C=O) groups is 5. The predicted octanol–water partition coefficient (Wildman–Crippen LogP) is 3.94. The van der Waals surface area contributed by atoms with Gasteiger partial charge >= 0.3 is 5.97 Å². The second-order valence-electron chi connectivity index (χ2n) is 12.0. The average molecular weight is 692 g/mol. The van der Waals surface area contributed by atoms with Crippen LogP contribution >= 0.6 is 0 Å². The third kappa shape index (κ3) is 6.73. The normalized spacial score (nSPS) is 17.1. The van der Waals surface area contributed by atoms with Crippen molar-refractivity contribution in [1.29, 1.82) is 0 Å². The lowest BCUT2D eigenvalue weighted by atomic mass is 10.00. The monoisotopic (exact) mass is 691 g/mol. The number of fused-ring (bicyclic) bond motifs is 1. The Bertz CT molecular complexity index is 2020. The summed E-state index contributed by atoms with van der Waals surface area (Å²) in [4.78, 5) is 67.0. The van der Waals surface area contributed by atoms with E-state index < -0.39 is 89.6 Å². The van der Waals surface area contributed by atoms with E-state index in [1.807, 2.05) is 42.5 Å². The number of carbonyl (C=O) groups excluding carboxylic acids is 4. The van der Waals surface area contributed by atoms with Crippen LogP contribution in [-0.4, -0.2) is 59.3 Å². The first-order valence-electron chi connectivity index (χ1n) is 15.6. The fourth-order valence-corrected chi connectivity index (χ4v) is 6.45. The number of benzene rings is 4. The number of nitrogens with one attached hydrogen (secondary N) is 2. The molecule has 0 aromatic heterocycles. The average Bonchev–Trinajstić information content (AvgIpc) is 3.43. The molecule has 10 nitrogen and oxygen atoms in total. The zero-order valence-corrected chi connectivity index (χ0v) is 26.2. The van der Waals surface area contributed by atoms with Gasteiger partial charge in [0.25, 0.3) is 0 Å². The number of carboxylic acids is 1. The second-order valence-corrected chi connectivity index (χ2v) is 12.0. The number of rotatable bonds is 11. The van der Waals surface area contributed by atoms with Crippen molar-refractivity contribution in [2.45, 2.75) is 50.2 Å². The summed E-state index contributed by atoms with van der Waals surface area (Å²) >= 11 is 0. The van der Waals surface area contributed by atoms with Crippen LogP contribution < -0.4 is 20.3 Å². The van der Waals surface area contributed by atoms with E-state index in [-0.39, 0.29) is 25.3 Å². The van der Waals surface area contributed by atoms with E-state index >= 15 is 0 Å². The van der Waals surface area contributed by atoms with Crippen molar-refractivity contribution in [1.82, 2.24) is 10.6 Å².